The van der Waals surface area contributed by atoms with Gasteiger partial charge in [-0.3, -0.25) is 0 Å². The molecule has 0 radical (unpaired) electrons. The Balaban J connectivity index is 2.08. The van der Waals surface area contributed by atoms with Gasteiger partial charge in [-0.1, -0.05) is 23.7 Å². The van der Waals surface area contributed by atoms with E-state index < -0.39 is 6.10 Å². The number of aryl methyl sites for hydroxylation is 1. The average molecular weight is 255 g/mol. The molecule has 0 amide bonds. The average Bonchev–Trinajstić information content (AvgIpc) is 2.65. The van der Waals surface area contributed by atoms with Gasteiger partial charge >= 0.3 is 0 Å². The molecule has 2 rings (SSSR count). The second-order valence-electron chi connectivity index (χ2n) is 3.49. The first-order chi connectivity index (χ1) is 7.65. The van der Waals surface area contributed by atoms with Crippen LogP contribution in [0, 0.1) is 6.92 Å². The molecule has 0 saturated heterocycles. The van der Waals surface area contributed by atoms with Gasteiger partial charge in [0, 0.05) is 11.4 Å². The number of hydrogen-bond donors (Lipinski definition) is 1. The van der Waals surface area contributed by atoms with E-state index in [1.165, 1.54) is 11.3 Å². The molecule has 16 heavy (non-hydrogen) atoms. The topological polar surface area (TPSA) is 46.0 Å². The van der Waals surface area contributed by atoms with Crippen molar-refractivity contribution >= 4 is 22.9 Å². The predicted molar refractivity (Wildman–Crippen MR) is 64.8 cm³/mol. The Morgan fingerprint density at radius 1 is 1.31 bits per heavy atom. The van der Waals surface area contributed by atoms with E-state index in [1.54, 1.807) is 12.1 Å². The van der Waals surface area contributed by atoms with Crippen LogP contribution in [0.25, 0.3) is 0 Å². The largest absolute Gasteiger partial charge is 0.388 e. The van der Waals surface area contributed by atoms with Crippen molar-refractivity contribution in [2.75, 3.05) is 0 Å². The lowest BCUT2D eigenvalue weighted by molar-refractivity contribution is 0.178. The molecule has 0 fully saturated rings. The number of hydrogen-bond acceptors (Lipinski definition) is 4. The first kappa shape index (κ1) is 11.5. The van der Waals surface area contributed by atoms with Gasteiger partial charge in [0.2, 0.25) is 0 Å². The Morgan fingerprint density at radius 2 is 2.00 bits per heavy atom. The van der Waals surface area contributed by atoms with Crippen LogP contribution in [-0.2, 0) is 6.42 Å². The SMILES string of the molecule is Cc1nnc(CC(O)c2ccc(Cl)cc2)s1. The van der Waals surface area contributed by atoms with Crippen molar-refractivity contribution in [3.63, 3.8) is 0 Å². The molecule has 1 unspecified atom stereocenters. The van der Waals surface area contributed by atoms with Crippen LogP contribution < -0.4 is 0 Å². The van der Waals surface area contributed by atoms with E-state index in [4.69, 9.17) is 11.6 Å². The van der Waals surface area contributed by atoms with E-state index in [-0.39, 0.29) is 0 Å². The highest BCUT2D eigenvalue weighted by Crippen LogP contribution is 2.21. The minimum atomic E-state index is -0.551. The summed E-state index contributed by atoms with van der Waals surface area (Å²) in [5, 5.41) is 20.3. The predicted octanol–water partition coefficient (Wildman–Crippen LogP) is 2.78. The number of aliphatic hydroxyl groups is 1. The fourth-order valence-electron chi connectivity index (χ4n) is 1.39. The first-order valence-electron chi connectivity index (χ1n) is 4.87. The summed E-state index contributed by atoms with van der Waals surface area (Å²) in [6.45, 7) is 1.90. The summed E-state index contributed by atoms with van der Waals surface area (Å²) in [5.41, 5.74) is 0.845. The van der Waals surface area contributed by atoms with Gasteiger partial charge in [-0.15, -0.1) is 21.5 Å². The summed E-state index contributed by atoms with van der Waals surface area (Å²) in [7, 11) is 0. The van der Waals surface area contributed by atoms with E-state index >= 15 is 0 Å². The maximum Gasteiger partial charge on any atom is 0.120 e. The van der Waals surface area contributed by atoms with Crippen LogP contribution >= 0.6 is 22.9 Å². The van der Waals surface area contributed by atoms with Gasteiger partial charge in [0.05, 0.1) is 6.10 Å². The molecule has 5 heteroatoms. The fraction of sp³-hybridized carbons (Fsp3) is 0.273. The standard InChI is InChI=1S/C11H11ClN2OS/c1-7-13-14-11(16-7)6-10(15)8-2-4-9(12)5-3-8/h2-5,10,15H,6H2,1H3. The van der Waals surface area contributed by atoms with Gasteiger partial charge in [0.15, 0.2) is 0 Å². The van der Waals surface area contributed by atoms with E-state index in [0.29, 0.717) is 11.4 Å². The van der Waals surface area contributed by atoms with E-state index in [1.807, 2.05) is 19.1 Å². The van der Waals surface area contributed by atoms with Crippen molar-refractivity contribution in [3.05, 3.63) is 44.9 Å². The molecule has 0 aliphatic heterocycles. The molecule has 0 bridgehead atoms. The van der Waals surface area contributed by atoms with Crippen LogP contribution in [0.1, 0.15) is 21.7 Å². The fourth-order valence-corrected chi connectivity index (χ4v) is 2.26. The number of halogens is 1. The van der Waals surface area contributed by atoms with Crippen LogP contribution in [0.2, 0.25) is 5.02 Å². The minimum Gasteiger partial charge on any atom is -0.388 e. The van der Waals surface area contributed by atoms with E-state index in [2.05, 4.69) is 10.2 Å². The Bertz CT molecular complexity index is 469. The van der Waals surface area contributed by atoms with Crippen LogP contribution in [0.3, 0.4) is 0 Å². The smallest absolute Gasteiger partial charge is 0.120 e. The zero-order valence-corrected chi connectivity index (χ0v) is 10.3. The third kappa shape index (κ3) is 2.78. The molecule has 1 aromatic heterocycles. The highest BCUT2D eigenvalue weighted by Gasteiger charge is 2.11. The Morgan fingerprint density at radius 3 is 2.56 bits per heavy atom. The molecular weight excluding hydrogens is 244 g/mol. The number of nitrogens with zero attached hydrogens (tertiary/aromatic N) is 2. The molecule has 1 atom stereocenters. The number of benzene rings is 1. The van der Waals surface area contributed by atoms with Crippen LogP contribution in [0.4, 0.5) is 0 Å². The molecule has 0 aliphatic rings. The molecule has 1 heterocycles. The molecule has 0 spiro atoms. The Labute approximate surface area is 103 Å². The third-order valence-electron chi connectivity index (χ3n) is 2.19. The van der Waals surface area contributed by atoms with Crippen LogP contribution in [0.15, 0.2) is 24.3 Å². The number of aliphatic hydroxyl groups excluding tert-OH is 1. The van der Waals surface area contributed by atoms with Crippen LogP contribution in [0.5, 0.6) is 0 Å². The van der Waals surface area contributed by atoms with Crippen molar-refractivity contribution in [1.29, 1.82) is 0 Å². The monoisotopic (exact) mass is 254 g/mol. The Hall–Kier alpha value is -0.970. The summed E-state index contributed by atoms with van der Waals surface area (Å²) in [6, 6.07) is 7.18. The number of rotatable bonds is 3. The molecule has 84 valence electrons. The molecule has 3 nitrogen and oxygen atoms in total. The lowest BCUT2D eigenvalue weighted by Gasteiger charge is -2.08. The molecular formula is C11H11ClN2OS. The first-order valence-corrected chi connectivity index (χ1v) is 6.07. The summed E-state index contributed by atoms with van der Waals surface area (Å²) in [4.78, 5) is 0. The summed E-state index contributed by atoms with van der Waals surface area (Å²) < 4.78 is 0. The zero-order valence-electron chi connectivity index (χ0n) is 8.72. The highest BCUT2D eigenvalue weighted by atomic mass is 35.5. The van der Waals surface area contributed by atoms with Crippen molar-refractivity contribution in [1.82, 2.24) is 10.2 Å². The summed E-state index contributed by atoms with van der Waals surface area (Å²) >= 11 is 7.28. The van der Waals surface area contributed by atoms with E-state index in [0.717, 1.165) is 15.6 Å². The van der Waals surface area contributed by atoms with Gasteiger partial charge in [-0.25, -0.2) is 0 Å². The molecule has 2 aromatic rings. The Kier molecular flexibility index (Phi) is 3.53. The van der Waals surface area contributed by atoms with Crippen LogP contribution in [-0.4, -0.2) is 15.3 Å². The lowest BCUT2D eigenvalue weighted by Crippen LogP contribution is -2.01. The van der Waals surface area contributed by atoms with Crippen molar-refractivity contribution in [3.8, 4) is 0 Å². The third-order valence-corrected chi connectivity index (χ3v) is 3.30. The van der Waals surface area contributed by atoms with Gasteiger partial charge in [0.25, 0.3) is 0 Å². The lowest BCUT2D eigenvalue weighted by atomic mass is 10.1. The quantitative estimate of drug-likeness (QED) is 0.916. The van der Waals surface area contributed by atoms with Crippen molar-refractivity contribution in [2.24, 2.45) is 0 Å². The van der Waals surface area contributed by atoms with E-state index in [9.17, 15) is 5.11 Å². The maximum absolute atomic E-state index is 9.97. The molecule has 0 aliphatic carbocycles. The minimum absolute atomic E-state index is 0.493. The maximum atomic E-state index is 9.97. The van der Waals surface area contributed by atoms with Crippen molar-refractivity contribution < 1.29 is 5.11 Å². The van der Waals surface area contributed by atoms with Gasteiger partial charge < -0.3 is 5.11 Å². The van der Waals surface area contributed by atoms with Gasteiger partial charge in [-0.05, 0) is 24.6 Å². The van der Waals surface area contributed by atoms with Gasteiger partial charge in [-0.2, -0.15) is 0 Å². The highest BCUT2D eigenvalue weighted by molar-refractivity contribution is 7.11. The molecule has 1 aromatic carbocycles. The van der Waals surface area contributed by atoms with Gasteiger partial charge in [0.1, 0.15) is 10.0 Å². The summed E-state index contributed by atoms with van der Waals surface area (Å²) in [5.74, 6) is 0. The second kappa shape index (κ2) is 4.91. The number of aromatic nitrogens is 2. The summed E-state index contributed by atoms with van der Waals surface area (Å²) in [6.07, 6.45) is -0.0581. The molecule has 0 saturated carbocycles. The normalized spacial score (nSPS) is 12.7. The second-order valence-corrected chi connectivity index (χ2v) is 5.19. The zero-order chi connectivity index (χ0) is 11.5. The van der Waals surface area contributed by atoms with Crippen molar-refractivity contribution in [2.45, 2.75) is 19.4 Å². The molecule has 1 N–H and O–H groups in total.